The van der Waals surface area contributed by atoms with Gasteiger partial charge in [-0.3, -0.25) is 4.99 Å². The third-order valence-electron chi connectivity index (χ3n) is 3.17. The van der Waals surface area contributed by atoms with Gasteiger partial charge in [-0.1, -0.05) is 0 Å². The number of benzene rings is 1. The first-order chi connectivity index (χ1) is 8.86. The SMILES string of the molecule is Brc1c2ccoc2c(C2=NCCN2)c2ccoc12.Cl. The molecule has 3 aromatic rings. The quantitative estimate of drug-likeness (QED) is 0.734. The summed E-state index contributed by atoms with van der Waals surface area (Å²) in [5.41, 5.74) is 2.65. The van der Waals surface area contributed by atoms with Crippen molar-refractivity contribution in [2.24, 2.45) is 4.99 Å². The molecule has 0 amide bonds. The second-order valence-electron chi connectivity index (χ2n) is 4.17. The van der Waals surface area contributed by atoms with Gasteiger partial charge >= 0.3 is 0 Å². The van der Waals surface area contributed by atoms with Crippen molar-refractivity contribution in [3.8, 4) is 0 Å². The minimum atomic E-state index is 0. The number of amidine groups is 1. The van der Waals surface area contributed by atoms with Crippen LogP contribution in [0.3, 0.4) is 0 Å². The van der Waals surface area contributed by atoms with Crippen LogP contribution in [0.15, 0.2) is 43.0 Å². The minimum Gasteiger partial charge on any atom is -0.464 e. The molecule has 0 spiro atoms. The lowest BCUT2D eigenvalue weighted by atomic mass is 10.1. The van der Waals surface area contributed by atoms with Gasteiger partial charge in [0.15, 0.2) is 0 Å². The molecule has 0 atom stereocenters. The molecule has 19 heavy (non-hydrogen) atoms. The van der Waals surface area contributed by atoms with Crippen molar-refractivity contribution in [1.29, 1.82) is 0 Å². The molecule has 0 saturated heterocycles. The number of hydrogen-bond acceptors (Lipinski definition) is 4. The predicted octanol–water partition coefficient (Wildman–Crippen LogP) is 3.71. The molecule has 0 unspecified atom stereocenters. The summed E-state index contributed by atoms with van der Waals surface area (Å²) in [5, 5.41) is 5.30. The van der Waals surface area contributed by atoms with Crippen LogP contribution in [0.4, 0.5) is 0 Å². The average Bonchev–Trinajstić information content (AvgIpc) is 3.11. The van der Waals surface area contributed by atoms with Crippen LogP contribution in [0.2, 0.25) is 0 Å². The van der Waals surface area contributed by atoms with Crippen molar-refractivity contribution in [2.45, 2.75) is 0 Å². The molecule has 1 N–H and O–H groups in total. The maximum Gasteiger partial charge on any atom is 0.149 e. The van der Waals surface area contributed by atoms with Crippen LogP contribution in [0.5, 0.6) is 0 Å². The Kier molecular flexibility index (Phi) is 3.03. The summed E-state index contributed by atoms with van der Waals surface area (Å²) in [6, 6.07) is 3.88. The van der Waals surface area contributed by atoms with E-state index >= 15 is 0 Å². The van der Waals surface area contributed by atoms with Crippen LogP contribution < -0.4 is 5.32 Å². The van der Waals surface area contributed by atoms with Gasteiger partial charge in [-0.2, -0.15) is 0 Å². The Morgan fingerprint density at radius 3 is 2.58 bits per heavy atom. The summed E-state index contributed by atoms with van der Waals surface area (Å²) in [7, 11) is 0. The number of nitrogens with one attached hydrogen (secondary N) is 1. The van der Waals surface area contributed by atoms with Crippen molar-refractivity contribution >= 4 is 56.1 Å². The van der Waals surface area contributed by atoms with E-state index in [2.05, 4.69) is 26.2 Å². The van der Waals surface area contributed by atoms with E-state index in [4.69, 9.17) is 8.83 Å². The highest BCUT2D eigenvalue weighted by Gasteiger charge is 2.22. The molecule has 1 aliphatic rings. The van der Waals surface area contributed by atoms with Gasteiger partial charge in [0.1, 0.15) is 17.0 Å². The Labute approximate surface area is 123 Å². The van der Waals surface area contributed by atoms with Crippen LogP contribution in [-0.2, 0) is 0 Å². The van der Waals surface area contributed by atoms with Crippen molar-refractivity contribution < 1.29 is 8.83 Å². The summed E-state index contributed by atoms with van der Waals surface area (Å²) in [6.07, 6.45) is 3.38. The molecule has 0 radical (unpaired) electrons. The summed E-state index contributed by atoms with van der Waals surface area (Å²) in [6.45, 7) is 1.67. The van der Waals surface area contributed by atoms with Gasteiger partial charge < -0.3 is 14.2 Å². The zero-order chi connectivity index (χ0) is 12.1. The lowest BCUT2D eigenvalue weighted by molar-refractivity contribution is 0.610. The molecule has 4 rings (SSSR count). The minimum absolute atomic E-state index is 0. The molecule has 0 saturated carbocycles. The number of rotatable bonds is 1. The van der Waals surface area contributed by atoms with Crippen LogP contribution in [0, 0.1) is 0 Å². The fraction of sp³-hybridized carbons (Fsp3) is 0.154. The Hall–Kier alpha value is -1.46. The van der Waals surface area contributed by atoms with Gasteiger partial charge in [0.05, 0.1) is 29.1 Å². The molecule has 98 valence electrons. The number of fused-ring (bicyclic) bond motifs is 2. The maximum absolute atomic E-state index is 5.63. The number of hydrogen-bond donors (Lipinski definition) is 1. The standard InChI is InChI=1S/C13H9BrN2O2.ClH/c14-10-8-2-6-17-11(8)9(13-15-3-4-16-13)7-1-5-18-12(7)10;/h1-2,5-6H,3-4H2,(H,15,16);1H. The zero-order valence-electron chi connectivity index (χ0n) is 9.77. The Bertz CT molecular complexity index is 739. The Morgan fingerprint density at radius 2 is 1.84 bits per heavy atom. The van der Waals surface area contributed by atoms with Gasteiger partial charge in [-0.15, -0.1) is 12.4 Å². The fourth-order valence-electron chi connectivity index (χ4n) is 2.40. The first-order valence-electron chi connectivity index (χ1n) is 5.71. The summed E-state index contributed by atoms with van der Waals surface area (Å²) >= 11 is 3.57. The van der Waals surface area contributed by atoms with Gasteiger partial charge in [0.2, 0.25) is 0 Å². The molecular weight excluding hydrogens is 332 g/mol. The normalized spacial score (nSPS) is 14.5. The summed E-state index contributed by atoms with van der Waals surface area (Å²) in [4.78, 5) is 4.48. The smallest absolute Gasteiger partial charge is 0.149 e. The van der Waals surface area contributed by atoms with E-state index in [1.165, 1.54) is 0 Å². The van der Waals surface area contributed by atoms with Crippen molar-refractivity contribution in [3.63, 3.8) is 0 Å². The van der Waals surface area contributed by atoms with Gasteiger partial charge in [-0.05, 0) is 28.1 Å². The number of furan rings is 2. The van der Waals surface area contributed by atoms with Gasteiger partial charge in [0.25, 0.3) is 0 Å². The number of halogens is 2. The third-order valence-corrected chi connectivity index (χ3v) is 3.96. The highest BCUT2D eigenvalue weighted by Crippen LogP contribution is 2.37. The topological polar surface area (TPSA) is 50.7 Å². The molecular formula is C13H10BrClN2O2. The van der Waals surface area contributed by atoms with E-state index in [0.717, 1.165) is 50.9 Å². The molecule has 0 bridgehead atoms. The van der Waals surface area contributed by atoms with E-state index < -0.39 is 0 Å². The van der Waals surface area contributed by atoms with E-state index in [1.807, 2.05) is 12.1 Å². The van der Waals surface area contributed by atoms with E-state index in [0.29, 0.717) is 0 Å². The van der Waals surface area contributed by atoms with Crippen LogP contribution in [0.25, 0.3) is 21.9 Å². The molecule has 0 aliphatic carbocycles. The highest BCUT2D eigenvalue weighted by atomic mass is 79.9. The Balaban J connectivity index is 0.00000110. The van der Waals surface area contributed by atoms with E-state index in [9.17, 15) is 0 Å². The number of nitrogens with zero attached hydrogens (tertiary/aromatic N) is 1. The highest BCUT2D eigenvalue weighted by molar-refractivity contribution is 9.10. The van der Waals surface area contributed by atoms with E-state index in [-0.39, 0.29) is 12.4 Å². The molecule has 1 aliphatic heterocycles. The molecule has 6 heteroatoms. The lowest BCUT2D eigenvalue weighted by Crippen LogP contribution is -2.19. The van der Waals surface area contributed by atoms with E-state index in [1.54, 1.807) is 12.5 Å². The van der Waals surface area contributed by atoms with Crippen molar-refractivity contribution in [3.05, 3.63) is 34.7 Å². The fourth-order valence-corrected chi connectivity index (χ4v) is 3.02. The second-order valence-corrected chi connectivity index (χ2v) is 4.97. The predicted molar refractivity (Wildman–Crippen MR) is 80.3 cm³/mol. The molecule has 3 heterocycles. The van der Waals surface area contributed by atoms with Crippen LogP contribution >= 0.6 is 28.3 Å². The van der Waals surface area contributed by atoms with Gasteiger partial charge in [-0.25, -0.2) is 0 Å². The van der Waals surface area contributed by atoms with Crippen molar-refractivity contribution in [1.82, 2.24) is 5.32 Å². The largest absolute Gasteiger partial charge is 0.464 e. The maximum atomic E-state index is 5.63. The summed E-state index contributed by atoms with van der Waals surface area (Å²) < 4.78 is 12.1. The lowest BCUT2D eigenvalue weighted by Gasteiger charge is -2.06. The van der Waals surface area contributed by atoms with Crippen LogP contribution in [0.1, 0.15) is 5.56 Å². The molecule has 2 aromatic heterocycles. The van der Waals surface area contributed by atoms with Crippen LogP contribution in [-0.4, -0.2) is 18.9 Å². The first-order valence-corrected chi connectivity index (χ1v) is 6.50. The second kappa shape index (κ2) is 4.58. The Morgan fingerprint density at radius 1 is 1.11 bits per heavy atom. The van der Waals surface area contributed by atoms with Crippen molar-refractivity contribution in [2.75, 3.05) is 13.1 Å². The summed E-state index contributed by atoms with van der Waals surface area (Å²) in [5.74, 6) is 0.883. The first kappa shape index (κ1) is 12.6. The molecule has 0 fully saturated rings. The molecule has 1 aromatic carbocycles. The molecule has 4 nitrogen and oxygen atoms in total. The monoisotopic (exact) mass is 340 g/mol. The number of aliphatic imine (C=N–C) groups is 1. The average molecular weight is 342 g/mol. The van der Waals surface area contributed by atoms with Gasteiger partial charge in [0, 0.05) is 17.3 Å². The third kappa shape index (κ3) is 1.69. The zero-order valence-corrected chi connectivity index (χ0v) is 12.2.